The maximum atomic E-state index is 12.6. The highest BCUT2D eigenvalue weighted by atomic mass is 127. The largest absolute Gasteiger partial charge is 0.444 e. The molecule has 0 aliphatic heterocycles. The number of sulfonamides is 1. The molecule has 3 aromatic rings. The van der Waals surface area contributed by atoms with Crippen LogP contribution in [0.2, 0.25) is 0 Å². The monoisotopic (exact) mass is 508 g/mol. The summed E-state index contributed by atoms with van der Waals surface area (Å²) in [6.07, 6.45) is -0.663. The minimum absolute atomic E-state index is 0.0342. The summed E-state index contributed by atoms with van der Waals surface area (Å²) in [7, 11) is -3.78. The van der Waals surface area contributed by atoms with Gasteiger partial charge < -0.3 is 4.74 Å². The third-order valence-electron chi connectivity index (χ3n) is 3.70. The number of ether oxygens (including phenoxy) is 1. The Labute approximate surface area is 177 Å². The van der Waals surface area contributed by atoms with Gasteiger partial charge in [-0.05, 0) is 70.6 Å². The Hall–Kier alpha value is -2.59. The fraction of sp³-hybridized carbons (Fsp3) is 0.0500. The number of carbonyl (C=O) groups excluding carboxylic acids is 1. The number of hydrogen-bond acceptors (Lipinski definition) is 4. The summed E-state index contributed by atoms with van der Waals surface area (Å²) < 4.78 is 33.8. The summed E-state index contributed by atoms with van der Waals surface area (Å²) in [5.41, 5.74) is 1.64. The van der Waals surface area contributed by atoms with Gasteiger partial charge in [0.1, 0.15) is 6.61 Å². The van der Waals surface area contributed by atoms with Crippen molar-refractivity contribution in [3.8, 4) is 0 Å². The molecule has 0 heterocycles. The number of carbonyl (C=O) groups is 1. The van der Waals surface area contributed by atoms with Gasteiger partial charge in [0.25, 0.3) is 10.0 Å². The van der Waals surface area contributed by atoms with Gasteiger partial charge in [-0.3, -0.25) is 10.0 Å². The molecule has 2 N–H and O–H groups in total. The summed E-state index contributed by atoms with van der Waals surface area (Å²) in [6, 6.07) is 22.2. The molecule has 28 heavy (non-hydrogen) atoms. The molecule has 0 aromatic heterocycles. The molecule has 0 radical (unpaired) electrons. The number of rotatable bonds is 6. The zero-order chi connectivity index (χ0) is 20.0. The van der Waals surface area contributed by atoms with Gasteiger partial charge in [0, 0.05) is 14.9 Å². The third kappa shape index (κ3) is 5.70. The van der Waals surface area contributed by atoms with Crippen molar-refractivity contribution in [2.45, 2.75) is 11.5 Å². The van der Waals surface area contributed by atoms with E-state index < -0.39 is 16.1 Å². The predicted molar refractivity (Wildman–Crippen MR) is 117 cm³/mol. The first-order valence-corrected chi connectivity index (χ1v) is 10.8. The molecule has 0 fully saturated rings. The van der Waals surface area contributed by atoms with Crippen LogP contribution in [0.4, 0.5) is 16.2 Å². The fourth-order valence-corrected chi connectivity index (χ4v) is 3.81. The van der Waals surface area contributed by atoms with E-state index in [-0.39, 0.29) is 11.5 Å². The predicted octanol–water partition coefficient (Wildman–Crippen LogP) is 4.84. The number of benzene rings is 3. The summed E-state index contributed by atoms with van der Waals surface area (Å²) in [6.45, 7) is 0.124. The van der Waals surface area contributed by atoms with E-state index in [2.05, 4.69) is 32.6 Å². The maximum absolute atomic E-state index is 12.6. The molecule has 8 heteroatoms. The molecule has 6 nitrogen and oxygen atoms in total. The number of nitrogens with one attached hydrogen (secondary N) is 2. The highest BCUT2D eigenvalue weighted by Gasteiger charge is 2.15. The Morgan fingerprint density at radius 3 is 2.32 bits per heavy atom. The molecule has 0 unspecified atom stereocenters. The second kappa shape index (κ2) is 9.07. The van der Waals surface area contributed by atoms with E-state index >= 15 is 0 Å². The van der Waals surface area contributed by atoms with Crippen molar-refractivity contribution < 1.29 is 17.9 Å². The van der Waals surface area contributed by atoms with Crippen LogP contribution in [0.15, 0.2) is 83.8 Å². The van der Waals surface area contributed by atoms with Crippen molar-refractivity contribution in [1.82, 2.24) is 0 Å². The standard InChI is InChI=1S/C20H17IN2O4S/c21-16-9-11-17(12-10-16)23-28(25,26)19-8-4-7-18(13-19)22-20(24)27-14-15-5-2-1-3-6-15/h1-13,23H,14H2,(H,22,24). The van der Waals surface area contributed by atoms with Crippen LogP contribution < -0.4 is 10.0 Å². The third-order valence-corrected chi connectivity index (χ3v) is 5.80. The lowest BCUT2D eigenvalue weighted by atomic mass is 10.2. The zero-order valence-electron chi connectivity index (χ0n) is 14.6. The van der Waals surface area contributed by atoms with Gasteiger partial charge >= 0.3 is 6.09 Å². The first kappa shape index (κ1) is 20.2. The summed E-state index contributed by atoms with van der Waals surface area (Å²) in [5.74, 6) is 0. The van der Waals surface area contributed by atoms with E-state index in [0.29, 0.717) is 11.4 Å². The van der Waals surface area contributed by atoms with Crippen LogP contribution in [0.25, 0.3) is 0 Å². The molecule has 0 saturated carbocycles. The topological polar surface area (TPSA) is 84.5 Å². The van der Waals surface area contributed by atoms with Crippen molar-refractivity contribution in [1.29, 1.82) is 0 Å². The molecule has 0 bridgehead atoms. The van der Waals surface area contributed by atoms with Crippen LogP contribution in [0.5, 0.6) is 0 Å². The normalized spacial score (nSPS) is 10.9. The van der Waals surface area contributed by atoms with Gasteiger partial charge in [0.2, 0.25) is 0 Å². The van der Waals surface area contributed by atoms with Gasteiger partial charge in [0.15, 0.2) is 0 Å². The molecule has 0 aliphatic rings. The number of halogens is 1. The van der Waals surface area contributed by atoms with Gasteiger partial charge in [-0.15, -0.1) is 0 Å². The minimum atomic E-state index is -3.78. The van der Waals surface area contributed by atoms with Gasteiger partial charge in [-0.2, -0.15) is 0 Å². The van der Waals surface area contributed by atoms with E-state index in [1.54, 1.807) is 36.4 Å². The highest BCUT2D eigenvalue weighted by molar-refractivity contribution is 14.1. The van der Waals surface area contributed by atoms with Crippen molar-refractivity contribution >= 4 is 50.1 Å². The summed E-state index contributed by atoms with van der Waals surface area (Å²) in [4.78, 5) is 12.0. The summed E-state index contributed by atoms with van der Waals surface area (Å²) in [5, 5.41) is 2.54. The van der Waals surface area contributed by atoms with Crippen LogP contribution >= 0.6 is 22.6 Å². The van der Waals surface area contributed by atoms with E-state index in [1.807, 2.05) is 30.3 Å². The minimum Gasteiger partial charge on any atom is -0.444 e. The molecule has 144 valence electrons. The van der Waals surface area contributed by atoms with Crippen LogP contribution in [0, 0.1) is 3.57 Å². The van der Waals surface area contributed by atoms with E-state index in [0.717, 1.165) is 9.13 Å². The molecule has 0 spiro atoms. The Morgan fingerprint density at radius 2 is 1.61 bits per heavy atom. The second-order valence-corrected chi connectivity index (χ2v) is 8.75. The molecule has 1 amide bonds. The number of anilines is 2. The second-order valence-electron chi connectivity index (χ2n) is 5.83. The van der Waals surface area contributed by atoms with Gasteiger partial charge in [-0.1, -0.05) is 36.4 Å². The van der Waals surface area contributed by atoms with Crippen LogP contribution in [0.1, 0.15) is 5.56 Å². The molecule has 0 atom stereocenters. The Morgan fingerprint density at radius 1 is 0.893 bits per heavy atom. The SMILES string of the molecule is O=C(Nc1cccc(S(=O)(=O)Nc2ccc(I)cc2)c1)OCc1ccccc1. The van der Waals surface area contributed by atoms with Crippen LogP contribution in [-0.4, -0.2) is 14.5 Å². The fourth-order valence-electron chi connectivity index (χ4n) is 2.35. The molecule has 0 aliphatic carbocycles. The van der Waals surface area contributed by atoms with E-state index in [9.17, 15) is 13.2 Å². The Bertz CT molecular complexity index is 1060. The average molecular weight is 508 g/mol. The lowest BCUT2D eigenvalue weighted by Gasteiger charge is -2.11. The van der Waals surface area contributed by atoms with Crippen molar-refractivity contribution in [3.05, 3.63) is 88.0 Å². The highest BCUT2D eigenvalue weighted by Crippen LogP contribution is 2.20. The van der Waals surface area contributed by atoms with Crippen molar-refractivity contribution in [2.75, 3.05) is 10.0 Å². The van der Waals surface area contributed by atoms with Crippen molar-refractivity contribution in [2.24, 2.45) is 0 Å². The molecular formula is C20H17IN2O4S. The van der Waals surface area contributed by atoms with Crippen molar-refractivity contribution in [3.63, 3.8) is 0 Å². The van der Waals surface area contributed by atoms with E-state index in [4.69, 9.17) is 4.74 Å². The Kier molecular flexibility index (Phi) is 6.53. The first-order valence-electron chi connectivity index (χ1n) is 8.28. The molecular weight excluding hydrogens is 491 g/mol. The molecule has 3 rings (SSSR count). The first-order chi connectivity index (χ1) is 13.4. The zero-order valence-corrected chi connectivity index (χ0v) is 17.6. The van der Waals surface area contributed by atoms with Gasteiger partial charge in [-0.25, -0.2) is 13.2 Å². The lowest BCUT2D eigenvalue weighted by molar-refractivity contribution is 0.155. The molecule has 0 saturated heterocycles. The number of amides is 1. The van der Waals surface area contributed by atoms with Gasteiger partial charge in [0.05, 0.1) is 4.90 Å². The average Bonchev–Trinajstić information content (AvgIpc) is 2.69. The Balaban J connectivity index is 1.65. The smallest absolute Gasteiger partial charge is 0.411 e. The van der Waals surface area contributed by atoms with Crippen LogP contribution in [0.3, 0.4) is 0 Å². The number of hydrogen-bond donors (Lipinski definition) is 2. The van der Waals surface area contributed by atoms with Crippen LogP contribution in [-0.2, 0) is 21.4 Å². The van der Waals surface area contributed by atoms with E-state index in [1.165, 1.54) is 12.1 Å². The lowest BCUT2D eigenvalue weighted by Crippen LogP contribution is -2.15. The quantitative estimate of drug-likeness (QED) is 0.467. The summed E-state index contributed by atoms with van der Waals surface area (Å²) >= 11 is 2.14. The maximum Gasteiger partial charge on any atom is 0.411 e. The molecule has 3 aromatic carbocycles.